The number of hydrogen-bond donors (Lipinski definition) is 0. The van der Waals surface area contributed by atoms with E-state index in [-0.39, 0.29) is 0 Å². The van der Waals surface area contributed by atoms with E-state index < -0.39 is 0 Å². The van der Waals surface area contributed by atoms with Crippen molar-refractivity contribution in [2.24, 2.45) is 0 Å². The van der Waals surface area contributed by atoms with Crippen LogP contribution in [0.4, 0.5) is 0 Å². The standard InChI is InChI=1S/C12H13N3O3/c1-8-10(7-16)13-14-15(8)11-5-4-9(17-2)6-12(11)18-3/h4-7H,1-3H3. The lowest BCUT2D eigenvalue weighted by Gasteiger charge is -2.10. The zero-order valence-electron chi connectivity index (χ0n) is 10.4. The molecule has 2 aromatic rings. The van der Waals surface area contributed by atoms with E-state index >= 15 is 0 Å². The van der Waals surface area contributed by atoms with Gasteiger partial charge in [0.15, 0.2) is 6.29 Å². The molecule has 0 N–H and O–H groups in total. The normalized spacial score (nSPS) is 10.2. The molecule has 94 valence electrons. The molecule has 0 saturated carbocycles. The van der Waals surface area contributed by atoms with Gasteiger partial charge in [0, 0.05) is 6.07 Å². The minimum absolute atomic E-state index is 0.313. The molecule has 0 spiro atoms. The van der Waals surface area contributed by atoms with Gasteiger partial charge in [0.2, 0.25) is 0 Å². The Bertz CT molecular complexity index is 578. The molecule has 0 aliphatic carbocycles. The second-order valence-electron chi connectivity index (χ2n) is 3.63. The number of ether oxygens (including phenoxy) is 2. The second-order valence-corrected chi connectivity index (χ2v) is 3.63. The molecular weight excluding hydrogens is 234 g/mol. The summed E-state index contributed by atoms with van der Waals surface area (Å²) in [5.74, 6) is 1.28. The van der Waals surface area contributed by atoms with Crippen molar-refractivity contribution < 1.29 is 14.3 Å². The third-order valence-electron chi connectivity index (χ3n) is 2.66. The fourth-order valence-electron chi connectivity index (χ4n) is 1.64. The highest BCUT2D eigenvalue weighted by molar-refractivity contribution is 5.73. The SMILES string of the molecule is COc1ccc(-n2nnc(C=O)c2C)c(OC)c1. The summed E-state index contributed by atoms with van der Waals surface area (Å²) in [6.45, 7) is 1.77. The van der Waals surface area contributed by atoms with Gasteiger partial charge in [-0.3, -0.25) is 4.79 Å². The van der Waals surface area contributed by atoms with Crippen molar-refractivity contribution in [2.45, 2.75) is 6.92 Å². The summed E-state index contributed by atoms with van der Waals surface area (Å²) in [6, 6.07) is 5.34. The summed E-state index contributed by atoms with van der Waals surface area (Å²) in [5, 5.41) is 7.72. The van der Waals surface area contributed by atoms with Crippen LogP contribution in [0.25, 0.3) is 5.69 Å². The number of aromatic nitrogens is 3. The Hall–Kier alpha value is -2.37. The smallest absolute Gasteiger partial charge is 0.172 e. The van der Waals surface area contributed by atoms with E-state index in [1.165, 1.54) is 0 Å². The molecule has 0 radical (unpaired) electrons. The van der Waals surface area contributed by atoms with Crippen LogP contribution in [0.5, 0.6) is 11.5 Å². The molecule has 0 unspecified atom stereocenters. The van der Waals surface area contributed by atoms with Crippen molar-refractivity contribution in [3.05, 3.63) is 29.6 Å². The van der Waals surface area contributed by atoms with Crippen LogP contribution in [0.15, 0.2) is 18.2 Å². The number of hydrogen-bond acceptors (Lipinski definition) is 5. The van der Waals surface area contributed by atoms with E-state index in [2.05, 4.69) is 10.3 Å². The summed E-state index contributed by atoms with van der Waals surface area (Å²) < 4.78 is 12.0. The molecule has 0 bridgehead atoms. The Morgan fingerprint density at radius 3 is 2.61 bits per heavy atom. The monoisotopic (exact) mass is 247 g/mol. The van der Waals surface area contributed by atoms with Crippen LogP contribution in [-0.2, 0) is 0 Å². The van der Waals surface area contributed by atoms with Gasteiger partial charge >= 0.3 is 0 Å². The lowest BCUT2D eigenvalue weighted by Crippen LogP contribution is -2.02. The highest BCUT2D eigenvalue weighted by Crippen LogP contribution is 2.28. The summed E-state index contributed by atoms with van der Waals surface area (Å²) >= 11 is 0. The Morgan fingerprint density at radius 2 is 2.06 bits per heavy atom. The topological polar surface area (TPSA) is 66.2 Å². The summed E-state index contributed by atoms with van der Waals surface area (Å²) in [7, 11) is 3.14. The van der Waals surface area contributed by atoms with Crippen molar-refractivity contribution >= 4 is 6.29 Å². The largest absolute Gasteiger partial charge is 0.497 e. The predicted molar refractivity (Wildman–Crippen MR) is 64.6 cm³/mol. The van der Waals surface area contributed by atoms with Crippen molar-refractivity contribution in [2.75, 3.05) is 14.2 Å². The number of nitrogens with zero attached hydrogens (tertiary/aromatic N) is 3. The minimum atomic E-state index is 0.313. The van der Waals surface area contributed by atoms with Gasteiger partial charge in [-0.25, -0.2) is 4.68 Å². The first-order valence-electron chi connectivity index (χ1n) is 5.31. The fourth-order valence-corrected chi connectivity index (χ4v) is 1.64. The molecule has 18 heavy (non-hydrogen) atoms. The van der Waals surface area contributed by atoms with E-state index in [4.69, 9.17) is 9.47 Å². The third-order valence-corrected chi connectivity index (χ3v) is 2.66. The Kier molecular flexibility index (Phi) is 3.27. The lowest BCUT2D eigenvalue weighted by molar-refractivity contribution is 0.111. The molecule has 2 rings (SSSR count). The van der Waals surface area contributed by atoms with Crippen LogP contribution in [0, 0.1) is 6.92 Å². The fraction of sp³-hybridized carbons (Fsp3) is 0.250. The first-order valence-corrected chi connectivity index (χ1v) is 5.31. The van der Waals surface area contributed by atoms with Crippen LogP contribution < -0.4 is 9.47 Å². The molecule has 1 heterocycles. The molecule has 1 aromatic heterocycles. The van der Waals surface area contributed by atoms with Gasteiger partial charge in [0.1, 0.15) is 22.9 Å². The van der Waals surface area contributed by atoms with Crippen molar-refractivity contribution in [1.29, 1.82) is 0 Å². The van der Waals surface area contributed by atoms with E-state index in [1.807, 2.05) is 0 Å². The predicted octanol–water partition coefficient (Wildman–Crippen LogP) is 1.41. The van der Waals surface area contributed by atoms with Gasteiger partial charge < -0.3 is 9.47 Å². The molecular formula is C12H13N3O3. The van der Waals surface area contributed by atoms with Gasteiger partial charge in [-0.05, 0) is 19.1 Å². The van der Waals surface area contributed by atoms with Gasteiger partial charge in [0.05, 0.1) is 19.9 Å². The quantitative estimate of drug-likeness (QED) is 0.764. The highest BCUT2D eigenvalue weighted by atomic mass is 16.5. The van der Waals surface area contributed by atoms with Crippen LogP contribution >= 0.6 is 0 Å². The van der Waals surface area contributed by atoms with Crippen LogP contribution in [0.3, 0.4) is 0 Å². The van der Waals surface area contributed by atoms with Gasteiger partial charge in [-0.15, -0.1) is 5.10 Å². The number of carbonyl (C=O) groups excluding carboxylic acids is 1. The number of rotatable bonds is 4. The molecule has 0 aliphatic heterocycles. The Balaban J connectivity index is 2.55. The first kappa shape index (κ1) is 12.1. The molecule has 6 heteroatoms. The Labute approximate surface area is 104 Å². The molecule has 0 fully saturated rings. The maximum Gasteiger partial charge on any atom is 0.172 e. The van der Waals surface area contributed by atoms with Crippen molar-refractivity contribution in [3.63, 3.8) is 0 Å². The van der Waals surface area contributed by atoms with E-state index in [0.29, 0.717) is 34.9 Å². The molecule has 0 saturated heterocycles. The number of carbonyl (C=O) groups is 1. The van der Waals surface area contributed by atoms with Crippen LogP contribution in [-0.4, -0.2) is 35.5 Å². The van der Waals surface area contributed by atoms with Crippen molar-refractivity contribution in [3.8, 4) is 17.2 Å². The van der Waals surface area contributed by atoms with Gasteiger partial charge in [0.25, 0.3) is 0 Å². The third kappa shape index (κ3) is 1.92. The Morgan fingerprint density at radius 1 is 1.28 bits per heavy atom. The zero-order valence-corrected chi connectivity index (χ0v) is 10.4. The molecule has 1 aromatic carbocycles. The van der Waals surface area contributed by atoms with Gasteiger partial charge in [-0.2, -0.15) is 0 Å². The molecule has 0 amide bonds. The van der Waals surface area contributed by atoms with Crippen molar-refractivity contribution in [1.82, 2.24) is 15.0 Å². The molecule has 0 aliphatic rings. The van der Waals surface area contributed by atoms with E-state index in [0.717, 1.165) is 0 Å². The van der Waals surface area contributed by atoms with E-state index in [9.17, 15) is 4.79 Å². The summed E-state index contributed by atoms with van der Waals surface area (Å²) in [4.78, 5) is 10.8. The summed E-state index contributed by atoms with van der Waals surface area (Å²) in [5.41, 5.74) is 1.68. The highest BCUT2D eigenvalue weighted by Gasteiger charge is 2.13. The average Bonchev–Trinajstić information content (AvgIpc) is 2.78. The molecule has 6 nitrogen and oxygen atoms in total. The number of methoxy groups -OCH3 is 2. The zero-order chi connectivity index (χ0) is 13.1. The molecule has 0 atom stereocenters. The van der Waals surface area contributed by atoms with Crippen LogP contribution in [0.2, 0.25) is 0 Å². The van der Waals surface area contributed by atoms with Crippen LogP contribution in [0.1, 0.15) is 16.2 Å². The first-order chi connectivity index (χ1) is 8.71. The maximum atomic E-state index is 10.8. The van der Waals surface area contributed by atoms with E-state index in [1.54, 1.807) is 44.0 Å². The lowest BCUT2D eigenvalue weighted by atomic mass is 10.2. The maximum absolute atomic E-state index is 10.8. The minimum Gasteiger partial charge on any atom is -0.497 e. The summed E-state index contributed by atoms with van der Waals surface area (Å²) in [6.07, 6.45) is 0.675. The number of aldehydes is 1. The second kappa shape index (κ2) is 4.87. The number of benzene rings is 1. The average molecular weight is 247 g/mol. The van der Waals surface area contributed by atoms with Gasteiger partial charge in [-0.1, -0.05) is 5.21 Å².